The van der Waals surface area contributed by atoms with Gasteiger partial charge < -0.3 is 4.90 Å². The lowest BCUT2D eigenvalue weighted by atomic mass is 10.0. The van der Waals surface area contributed by atoms with Crippen molar-refractivity contribution < 1.29 is 4.79 Å². The van der Waals surface area contributed by atoms with Crippen LogP contribution in [0.3, 0.4) is 0 Å². The van der Waals surface area contributed by atoms with E-state index in [-0.39, 0.29) is 5.78 Å². The summed E-state index contributed by atoms with van der Waals surface area (Å²) in [7, 11) is 0. The third kappa shape index (κ3) is 3.70. The third-order valence-electron chi connectivity index (χ3n) is 5.26. The number of hydrogen-bond acceptors (Lipinski definition) is 2. The second-order valence-corrected chi connectivity index (χ2v) is 7.22. The van der Waals surface area contributed by atoms with Crippen molar-refractivity contribution in [3.63, 3.8) is 0 Å². The van der Waals surface area contributed by atoms with Crippen LogP contribution in [0.25, 0.3) is 6.08 Å². The second kappa shape index (κ2) is 7.24. The number of nitrogens with zero attached hydrogens (tertiary/aromatic N) is 1. The molecule has 0 aromatic heterocycles. The average molecular weight is 353 g/mol. The topological polar surface area (TPSA) is 20.3 Å². The van der Waals surface area contributed by atoms with Gasteiger partial charge in [0, 0.05) is 24.3 Å². The van der Waals surface area contributed by atoms with Gasteiger partial charge in [0.2, 0.25) is 0 Å². The van der Waals surface area contributed by atoms with Crippen LogP contribution in [0.2, 0.25) is 0 Å². The van der Waals surface area contributed by atoms with E-state index in [0.717, 1.165) is 29.9 Å². The van der Waals surface area contributed by atoms with Gasteiger partial charge in [0.05, 0.1) is 0 Å². The predicted octanol–water partition coefficient (Wildman–Crippen LogP) is 5.72. The largest absolute Gasteiger partial charge is 0.363 e. The first-order valence-corrected chi connectivity index (χ1v) is 9.31. The Labute approximate surface area is 160 Å². The summed E-state index contributed by atoms with van der Waals surface area (Å²) in [5, 5.41) is 0. The van der Waals surface area contributed by atoms with Gasteiger partial charge in [-0.1, -0.05) is 60.7 Å². The van der Waals surface area contributed by atoms with Crippen LogP contribution < -0.4 is 4.90 Å². The molecule has 0 bridgehead atoms. The van der Waals surface area contributed by atoms with Gasteiger partial charge in [-0.05, 0) is 59.9 Å². The van der Waals surface area contributed by atoms with Gasteiger partial charge in [-0.3, -0.25) is 4.79 Å². The van der Waals surface area contributed by atoms with Crippen molar-refractivity contribution in [2.24, 2.45) is 0 Å². The average Bonchev–Trinajstić information content (AvgIpc) is 3.10. The van der Waals surface area contributed by atoms with Crippen LogP contribution in [0.5, 0.6) is 0 Å². The second-order valence-electron chi connectivity index (χ2n) is 7.22. The Morgan fingerprint density at radius 2 is 1.52 bits per heavy atom. The summed E-state index contributed by atoms with van der Waals surface area (Å²) in [4.78, 5) is 14.9. The molecule has 134 valence electrons. The van der Waals surface area contributed by atoms with Crippen LogP contribution in [0, 0.1) is 13.8 Å². The highest BCUT2D eigenvalue weighted by molar-refractivity contribution is 6.07. The molecule has 0 aliphatic carbocycles. The molecular formula is C25H23NO. The van der Waals surface area contributed by atoms with E-state index in [1.165, 1.54) is 22.3 Å². The first kappa shape index (κ1) is 17.3. The minimum absolute atomic E-state index is 0.0316. The SMILES string of the molecule is Cc1cc2c(cc1C)CN(c1cccc(C(=O)/C=C/c3ccccc3)c1)C2. The van der Waals surface area contributed by atoms with Gasteiger partial charge in [-0.25, -0.2) is 0 Å². The van der Waals surface area contributed by atoms with E-state index in [2.05, 4.69) is 36.9 Å². The minimum Gasteiger partial charge on any atom is -0.363 e. The molecular weight excluding hydrogens is 330 g/mol. The molecule has 0 N–H and O–H groups in total. The third-order valence-corrected chi connectivity index (χ3v) is 5.26. The van der Waals surface area contributed by atoms with Gasteiger partial charge in [0.25, 0.3) is 0 Å². The molecule has 0 spiro atoms. The number of fused-ring (bicyclic) bond motifs is 1. The zero-order valence-electron chi connectivity index (χ0n) is 15.8. The highest BCUT2D eigenvalue weighted by Gasteiger charge is 2.20. The number of anilines is 1. The Balaban J connectivity index is 1.53. The van der Waals surface area contributed by atoms with E-state index in [0.29, 0.717) is 0 Å². The van der Waals surface area contributed by atoms with Gasteiger partial charge >= 0.3 is 0 Å². The van der Waals surface area contributed by atoms with Gasteiger partial charge in [0.15, 0.2) is 5.78 Å². The molecule has 2 heteroatoms. The number of hydrogen-bond donors (Lipinski definition) is 0. The number of carbonyl (C=O) groups is 1. The molecule has 0 radical (unpaired) electrons. The molecule has 0 atom stereocenters. The zero-order chi connectivity index (χ0) is 18.8. The lowest BCUT2D eigenvalue weighted by Gasteiger charge is -2.18. The van der Waals surface area contributed by atoms with Crippen LogP contribution >= 0.6 is 0 Å². The van der Waals surface area contributed by atoms with E-state index in [1.807, 2.05) is 54.6 Å². The number of allylic oxidation sites excluding steroid dienone is 1. The van der Waals surface area contributed by atoms with E-state index in [1.54, 1.807) is 6.08 Å². The molecule has 27 heavy (non-hydrogen) atoms. The fourth-order valence-electron chi connectivity index (χ4n) is 3.57. The fraction of sp³-hybridized carbons (Fsp3) is 0.160. The molecule has 0 amide bonds. The van der Waals surface area contributed by atoms with Gasteiger partial charge in [-0.2, -0.15) is 0 Å². The van der Waals surface area contributed by atoms with E-state index in [4.69, 9.17) is 0 Å². The summed E-state index contributed by atoms with van der Waals surface area (Å²) in [5.74, 6) is 0.0316. The maximum absolute atomic E-state index is 12.6. The van der Waals surface area contributed by atoms with Gasteiger partial charge in [0.1, 0.15) is 0 Å². The summed E-state index contributed by atoms with van der Waals surface area (Å²) in [5.41, 5.74) is 8.31. The first-order chi connectivity index (χ1) is 13.1. The van der Waals surface area contributed by atoms with Crippen molar-refractivity contribution in [3.05, 3.63) is 106 Å². The maximum Gasteiger partial charge on any atom is 0.185 e. The summed E-state index contributed by atoms with van der Waals surface area (Å²) in [6.45, 7) is 6.12. The molecule has 3 aromatic carbocycles. The van der Waals surface area contributed by atoms with Crippen LogP contribution in [-0.4, -0.2) is 5.78 Å². The highest BCUT2D eigenvalue weighted by Crippen LogP contribution is 2.30. The van der Waals surface area contributed by atoms with Crippen LogP contribution in [0.15, 0.2) is 72.8 Å². The van der Waals surface area contributed by atoms with Crippen molar-refractivity contribution in [1.82, 2.24) is 0 Å². The summed E-state index contributed by atoms with van der Waals surface area (Å²) < 4.78 is 0. The van der Waals surface area contributed by atoms with E-state index in [9.17, 15) is 4.79 Å². The Bertz CT molecular complexity index is 987. The zero-order valence-corrected chi connectivity index (χ0v) is 15.8. The quantitative estimate of drug-likeness (QED) is 0.442. The van der Waals surface area contributed by atoms with E-state index >= 15 is 0 Å². The van der Waals surface area contributed by atoms with Crippen molar-refractivity contribution in [2.45, 2.75) is 26.9 Å². The number of benzene rings is 3. The molecule has 2 nitrogen and oxygen atoms in total. The lowest BCUT2D eigenvalue weighted by molar-refractivity contribution is 0.104. The molecule has 4 rings (SSSR count). The lowest BCUT2D eigenvalue weighted by Crippen LogP contribution is -2.14. The predicted molar refractivity (Wildman–Crippen MR) is 112 cm³/mol. The molecule has 0 saturated heterocycles. The Hall–Kier alpha value is -3.13. The van der Waals surface area contributed by atoms with Crippen molar-refractivity contribution in [3.8, 4) is 0 Å². The number of carbonyl (C=O) groups excluding carboxylic acids is 1. The van der Waals surface area contributed by atoms with Crippen LogP contribution in [-0.2, 0) is 13.1 Å². The molecule has 3 aromatic rings. The first-order valence-electron chi connectivity index (χ1n) is 9.31. The molecule has 1 aliphatic rings. The summed E-state index contributed by atoms with van der Waals surface area (Å²) in [6.07, 6.45) is 3.52. The molecule has 0 unspecified atom stereocenters. The number of aryl methyl sites for hydroxylation is 2. The fourth-order valence-corrected chi connectivity index (χ4v) is 3.57. The Kier molecular flexibility index (Phi) is 4.64. The Morgan fingerprint density at radius 1 is 0.852 bits per heavy atom. The molecule has 0 fully saturated rings. The highest BCUT2D eigenvalue weighted by atomic mass is 16.1. The number of rotatable bonds is 4. The van der Waals surface area contributed by atoms with Gasteiger partial charge in [-0.15, -0.1) is 0 Å². The normalized spacial score (nSPS) is 13.2. The smallest absolute Gasteiger partial charge is 0.185 e. The molecule has 0 saturated carbocycles. The summed E-state index contributed by atoms with van der Waals surface area (Å²) >= 11 is 0. The van der Waals surface area contributed by atoms with Crippen molar-refractivity contribution >= 4 is 17.5 Å². The maximum atomic E-state index is 12.6. The molecule has 1 heterocycles. The van der Waals surface area contributed by atoms with Crippen molar-refractivity contribution in [2.75, 3.05) is 4.90 Å². The Morgan fingerprint density at radius 3 is 2.19 bits per heavy atom. The molecule has 1 aliphatic heterocycles. The van der Waals surface area contributed by atoms with Crippen LogP contribution in [0.1, 0.15) is 38.2 Å². The minimum atomic E-state index is 0.0316. The number of ketones is 1. The van der Waals surface area contributed by atoms with E-state index < -0.39 is 0 Å². The van der Waals surface area contributed by atoms with Crippen molar-refractivity contribution in [1.29, 1.82) is 0 Å². The standard InChI is InChI=1S/C25H23NO/c1-18-13-22-16-26(17-23(22)14-19(18)2)24-10-6-9-21(15-24)25(27)12-11-20-7-4-3-5-8-20/h3-15H,16-17H2,1-2H3/b12-11+. The summed E-state index contributed by atoms with van der Waals surface area (Å²) in [6, 6.07) is 22.4. The monoisotopic (exact) mass is 353 g/mol. The van der Waals surface area contributed by atoms with Crippen LogP contribution in [0.4, 0.5) is 5.69 Å².